The number of nitrogens with one attached hydrogen (secondary N) is 1. The van der Waals surface area contributed by atoms with Crippen molar-refractivity contribution in [2.45, 2.75) is 57.9 Å². The minimum absolute atomic E-state index is 0.445. The molecular formula is C22H33N5O. The van der Waals surface area contributed by atoms with Crippen LogP contribution in [0.25, 0.3) is 0 Å². The van der Waals surface area contributed by atoms with Gasteiger partial charge in [-0.3, -0.25) is 4.90 Å². The second kappa shape index (κ2) is 8.95. The first-order valence-electron chi connectivity index (χ1n) is 10.8. The molecule has 0 spiro atoms. The number of hydrogen-bond donors (Lipinski definition) is 1. The summed E-state index contributed by atoms with van der Waals surface area (Å²) in [4.78, 5) is 14.1. The van der Waals surface area contributed by atoms with E-state index in [0.29, 0.717) is 12.0 Å². The molecule has 6 heteroatoms. The Morgan fingerprint density at radius 3 is 2.64 bits per heavy atom. The summed E-state index contributed by atoms with van der Waals surface area (Å²) in [6.45, 7) is 9.69. The van der Waals surface area contributed by atoms with Crippen LogP contribution in [0.15, 0.2) is 28.8 Å². The summed E-state index contributed by atoms with van der Waals surface area (Å²) >= 11 is 0. The van der Waals surface area contributed by atoms with E-state index in [2.05, 4.69) is 39.2 Å². The van der Waals surface area contributed by atoms with Gasteiger partial charge in [0, 0.05) is 38.3 Å². The van der Waals surface area contributed by atoms with Gasteiger partial charge in [-0.25, -0.2) is 4.98 Å². The first-order valence-corrected chi connectivity index (χ1v) is 10.8. The maximum absolute atomic E-state index is 5.75. The zero-order valence-electron chi connectivity index (χ0n) is 17.2. The van der Waals surface area contributed by atoms with Crippen LogP contribution in [0.5, 0.6) is 0 Å². The van der Waals surface area contributed by atoms with E-state index in [1.54, 1.807) is 0 Å². The van der Waals surface area contributed by atoms with Crippen molar-refractivity contribution < 1.29 is 4.42 Å². The van der Waals surface area contributed by atoms with Crippen LogP contribution in [0, 0.1) is 6.92 Å². The molecule has 0 saturated carbocycles. The lowest BCUT2D eigenvalue weighted by Crippen LogP contribution is -2.55. The first-order chi connectivity index (χ1) is 13.7. The van der Waals surface area contributed by atoms with Gasteiger partial charge in [-0.1, -0.05) is 19.8 Å². The number of rotatable bonds is 7. The van der Waals surface area contributed by atoms with Gasteiger partial charge in [-0.05, 0) is 50.9 Å². The topological polar surface area (TPSA) is 57.4 Å². The predicted molar refractivity (Wildman–Crippen MR) is 113 cm³/mol. The van der Waals surface area contributed by atoms with Gasteiger partial charge >= 0.3 is 0 Å². The molecule has 4 heterocycles. The first kappa shape index (κ1) is 19.2. The maximum atomic E-state index is 5.75. The summed E-state index contributed by atoms with van der Waals surface area (Å²) in [6, 6.07) is 6.64. The standard InChI is InChI=1S/C22H33N5O/c1-17(20-8-7-18(2)28-20)10-14-26-15-19(16-26)24-22-23-11-9-21(25-22)27-12-5-3-4-6-13-27/h7-9,11,17,19H,3-6,10,12-16H2,1-2H3,(H,23,24,25). The van der Waals surface area contributed by atoms with Crippen molar-refractivity contribution in [3.05, 3.63) is 35.9 Å². The van der Waals surface area contributed by atoms with E-state index in [1.165, 1.54) is 25.7 Å². The third kappa shape index (κ3) is 4.85. The maximum Gasteiger partial charge on any atom is 0.224 e. The summed E-state index contributed by atoms with van der Waals surface area (Å²) < 4.78 is 5.75. The lowest BCUT2D eigenvalue weighted by Gasteiger charge is -2.40. The zero-order chi connectivity index (χ0) is 19.3. The molecule has 2 aromatic heterocycles. The lowest BCUT2D eigenvalue weighted by atomic mass is 10.0. The van der Waals surface area contributed by atoms with Gasteiger partial charge in [0.2, 0.25) is 5.95 Å². The van der Waals surface area contributed by atoms with Crippen LogP contribution in [0.1, 0.15) is 56.5 Å². The van der Waals surface area contributed by atoms with Gasteiger partial charge < -0.3 is 14.6 Å². The van der Waals surface area contributed by atoms with Crippen LogP contribution in [0.4, 0.5) is 11.8 Å². The number of likely N-dealkylation sites (tertiary alicyclic amines) is 1. The molecule has 1 atom stereocenters. The Morgan fingerprint density at radius 2 is 1.93 bits per heavy atom. The Hall–Kier alpha value is -2.08. The van der Waals surface area contributed by atoms with Crippen molar-refractivity contribution in [1.82, 2.24) is 14.9 Å². The average Bonchev–Trinajstić information content (AvgIpc) is 2.93. The van der Waals surface area contributed by atoms with Gasteiger partial charge in [-0.15, -0.1) is 0 Å². The highest BCUT2D eigenvalue weighted by Crippen LogP contribution is 2.23. The summed E-state index contributed by atoms with van der Waals surface area (Å²) in [5, 5.41) is 3.52. The second-order valence-corrected chi connectivity index (χ2v) is 8.38. The van der Waals surface area contributed by atoms with E-state index in [0.717, 1.165) is 62.4 Å². The second-order valence-electron chi connectivity index (χ2n) is 8.38. The third-order valence-electron chi connectivity index (χ3n) is 5.99. The minimum Gasteiger partial charge on any atom is -0.466 e. The molecule has 2 aromatic rings. The molecule has 1 N–H and O–H groups in total. The van der Waals surface area contributed by atoms with Crippen molar-refractivity contribution in [2.75, 3.05) is 42.9 Å². The molecule has 1 unspecified atom stereocenters. The van der Waals surface area contributed by atoms with E-state index in [-0.39, 0.29) is 0 Å². The molecule has 0 aliphatic carbocycles. The molecule has 0 amide bonds. The van der Waals surface area contributed by atoms with Gasteiger partial charge in [0.15, 0.2) is 0 Å². The fraction of sp³-hybridized carbons (Fsp3) is 0.636. The van der Waals surface area contributed by atoms with E-state index < -0.39 is 0 Å². The van der Waals surface area contributed by atoms with E-state index in [9.17, 15) is 0 Å². The molecule has 28 heavy (non-hydrogen) atoms. The van der Waals surface area contributed by atoms with Gasteiger partial charge in [0.25, 0.3) is 0 Å². The fourth-order valence-electron chi connectivity index (χ4n) is 4.16. The number of hydrogen-bond acceptors (Lipinski definition) is 6. The smallest absolute Gasteiger partial charge is 0.224 e. The van der Waals surface area contributed by atoms with Crippen LogP contribution in [-0.2, 0) is 0 Å². The predicted octanol–water partition coefficient (Wildman–Crippen LogP) is 4.05. The molecule has 2 fully saturated rings. The quantitative estimate of drug-likeness (QED) is 0.778. The minimum atomic E-state index is 0.445. The van der Waals surface area contributed by atoms with Crippen molar-refractivity contribution in [3.63, 3.8) is 0 Å². The lowest BCUT2D eigenvalue weighted by molar-refractivity contribution is 0.155. The van der Waals surface area contributed by atoms with Gasteiger partial charge in [0.1, 0.15) is 17.3 Å². The summed E-state index contributed by atoms with van der Waals surface area (Å²) in [5.41, 5.74) is 0. The van der Waals surface area contributed by atoms with E-state index >= 15 is 0 Å². The van der Waals surface area contributed by atoms with Crippen LogP contribution < -0.4 is 10.2 Å². The molecule has 6 nitrogen and oxygen atoms in total. The molecule has 4 rings (SSSR count). The highest BCUT2D eigenvalue weighted by atomic mass is 16.3. The van der Waals surface area contributed by atoms with Gasteiger partial charge in [-0.2, -0.15) is 4.98 Å². The fourth-order valence-corrected chi connectivity index (χ4v) is 4.16. The van der Waals surface area contributed by atoms with E-state index in [4.69, 9.17) is 9.40 Å². The summed E-state index contributed by atoms with van der Waals surface area (Å²) in [7, 11) is 0. The van der Waals surface area contributed by atoms with Crippen LogP contribution in [-0.4, -0.2) is 53.6 Å². The van der Waals surface area contributed by atoms with E-state index in [1.807, 2.05) is 19.2 Å². The largest absolute Gasteiger partial charge is 0.466 e. The Morgan fingerprint density at radius 1 is 1.14 bits per heavy atom. The SMILES string of the molecule is Cc1ccc(C(C)CCN2CC(Nc3nccc(N4CCCCCC4)n3)C2)o1. The summed E-state index contributed by atoms with van der Waals surface area (Å²) in [6.07, 6.45) is 8.21. The highest BCUT2D eigenvalue weighted by molar-refractivity contribution is 5.43. The number of aryl methyl sites for hydroxylation is 1. The molecule has 0 aromatic carbocycles. The molecule has 0 bridgehead atoms. The van der Waals surface area contributed by atoms with Crippen molar-refractivity contribution >= 4 is 11.8 Å². The Balaban J connectivity index is 1.22. The molecule has 152 valence electrons. The van der Waals surface area contributed by atoms with Crippen LogP contribution >= 0.6 is 0 Å². The zero-order valence-corrected chi connectivity index (χ0v) is 17.2. The summed E-state index contributed by atoms with van der Waals surface area (Å²) in [5.74, 6) is 4.40. The third-order valence-corrected chi connectivity index (χ3v) is 5.99. The number of aromatic nitrogens is 2. The average molecular weight is 384 g/mol. The molecule has 2 aliphatic heterocycles. The molecular weight excluding hydrogens is 350 g/mol. The van der Waals surface area contributed by atoms with Crippen LogP contribution in [0.3, 0.4) is 0 Å². The van der Waals surface area contributed by atoms with Crippen molar-refractivity contribution in [1.29, 1.82) is 0 Å². The number of nitrogens with zero attached hydrogens (tertiary/aromatic N) is 4. The Kier molecular flexibility index (Phi) is 6.15. The Bertz CT molecular complexity index is 747. The normalized spacial score (nSPS) is 19.9. The molecule has 2 saturated heterocycles. The van der Waals surface area contributed by atoms with Crippen LogP contribution in [0.2, 0.25) is 0 Å². The number of anilines is 2. The van der Waals surface area contributed by atoms with Gasteiger partial charge in [0.05, 0.1) is 6.04 Å². The van der Waals surface area contributed by atoms with Crippen molar-refractivity contribution in [2.24, 2.45) is 0 Å². The monoisotopic (exact) mass is 383 g/mol. The molecule has 2 aliphatic rings. The number of furan rings is 1. The van der Waals surface area contributed by atoms with Crippen molar-refractivity contribution in [3.8, 4) is 0 Å². The highest BCUT2D eigenvalue weighted by Gasteiger charge is 2.27. The molecule has 0 radical (unpaired) electrons. The Labute approximate surface area is 168 Å².